The number of benzene rings is 1. The Morgan fingerprint density at radius 2 is 2.12 bits per heavy atom. The Morgan fingerprint density at radius 3 is 2.69 bits per heavy atom. The Bertz CT molecular complexity index is 345. The number of hydrogen-bond donors (Lipinski definition) is 1. The standard InChI is InChI=1S/C12H15FN2S/c1-2-7-15-11(8-14)9-16-12-5-3-10(13)4-6-12/h3-6,11,15H,2,7,9H2,1H3. The highest BCUT2D eigenvalue weighted by Gasteiger charge is 2.06. The van der Waals surface area contributed by atoms with Gasteiger partial charge in [-0.25, -0.2) is 4.39 Å². The molecule has 1 unspecified atom stereocenters. The van der Waals surface area contributed by atoms with Gasteiger partial charge in [-0.15, -0.1) is 11.8 Å². The van der Waals surface area contributed by atoms with E-state index in [9.17, 15) is 4.39 Å². The van der Waals surface area contributed by atoms with Crippen LogP contribution >= 0.6 is 11.8 Å². The molecule has 4 heteroatoms. The minimum atomic E-state index is -0.231. The summed E-state index contributed by atoms with van der Waals surface area (Å²) in [6.07, 6.45) is 1.01. The van der Waals surface area contributed by atoms with E-state index in [0.717, 1.165) is 17.9 Å². The third-order valence-electron chi connectivity index (χ3n) is 2.03. The van der Waals surface area contributed by atoms with Gasteiger partial charge in [-0.05, 0) is 37.2 Å². The second kappa shape index (κ2) is 7.26. The zero-order valence-electron chi connectivity index (χ0n) is 9.24. The first kappa shape index (κ1) is 13.0. The first-order valence-corrected chi connectivity index (χ1v) is 6.26. The monoisotopic (exact) mass is 238 g/mol. The van der Waals surface area contributed by atoms with Crippen molar-refractivity contribution in [1.29, 1.82) is 5.26 Å². The average molecular weight is 238 g/mol. The van der Waals surface area contributed by atoms with Crippen LogP contribution in [0.3, 0.4) is 0 Å². The predicted octanol–water partition coefficient (Wildman–Crippen LogP) is 2.81. The van der Waals surface area contributed by atoms with Crippen LogP contribution in [0, 0.1) is 17.1 Å². The lowest BCUT2D eigenvalue weighted by molar-refractivity contribution is 0.626. The number of rotatable bonds is 6. The van der Waals surface area contributed by atoms with E-state index in [-0.39, 0.29) is 11.9 Å². The zero-order chi connectivity index (χ0) is 11.8. The summed E-state index contributed by atoms with van der Waals surface area (Å²) in [4.78, 5) is 0.986. The summed E-state index contributed by atoms with van der Waals surface area (Å²) in [5, 5.41) is 12.0. The lowest BCUT2D eigenvalue weighted by Gasteiger charge is -2.09. The highest BCUT2D eigenvalue weighted by atomic mass is 32.2. The molecule has 0 saturated heterocycles. The lowest BCUT2D eigenvalue weighted by Crippen LogP contribution is -2.30. The summed E-state index contributed by atoms with van der Waals surface area (Å²) < 4.78 is 12.6. The number of thioether (sulfide) groups is 1. The summed E-state index contributed by atoms with van der Waals surface area (Å²) in [5.41, 5.74) is 0. The zero-order valence-corrected chi connectivity index (χ0v) is 10.1. The molecule has 0 amide bonds. The van der Waals surface area contributed by atoms with Crippen LogP contribution in [0.5, 0.6) is 0 Å². The predicted molar refractivity (Wildman–Crippen MR) is 64.8 cm³/mol. The Balaban J connectivity index is 2.38. The molecule has 16 heavy (non-hydrogen) atoms. The summed E-state index contributed by atoms with van der Waals surface area (Å²) >= 11 is 1.56. The average Bonchev–Trinajstić information content (AvgIpc) is 2.32. The maximum atomic E-state index is 12.6. The molecule has 0 aromatic heterocycles. The van der Waals surface area contributed by atoms with Crippen LogP contribution in [0.1, 0.15) is 13.3 Å². The van der Waals surface area contributed by atoms with Gasteiger partial charge in [-0.2, -0.15) is 5.26 Å². The Morgan fingerprint density at radius 1 is 1.44 bits per heavy atom. The molecule has 1 atom stereocenters. The largest absolute Gasteiger partial charge is 0.301 e. The molecule has 2 nitrogen and oxygen atoms in total. The van der Waals surface area contributed by atoms with Crippen molar-refractivity contribution in [3.8, 4) is 6.07 Å². The van der Waals surface area contributed by atoms with Gasteiger partial charge in [-0.3, -0.25) is 0 Å². The van der Waals surface area contributed by atoms with Crippen LogP contribution in [0.4, 0.5) is 4.39 Å². The third-order valence-corrected chi connectivity index (χ3v) is 3.13. The molecule has 1 N–H and O–H groups in total. The van der Waals surface area contributed by atoms with Gasteiger partial charge < -0.3 is 5.32 Å². The van der Waals surface area contributed by atoms with Crippen LogP contribution in [0.15, 0.2) is 29.2 Å². The van der Waals surface area contributed by atoms with Gasteiger partial charge in [0.05, 0.1) is 6.07 Å². The summed E-state index contributed by atoms with van der Waals surface area (Å²) in [5.74, 6) is 0.451. The molecule has 0 spiro atoms. The fourth-order valence-electron chi connectivity index (χ4n) is 1.17. The number of nitrogens with one attached hydrogen (secondary N) is 1. The number of hydrogen-bond acceptors (Lipinski definition) is 3. The van der Waals surface area contributed by atoms with Gasteiger partial charge >= 0.3 is 0 Å². The van der Waals surface area contributed by atoms with Crippen molar-refractivity contribution in [1.82, 2.24) is 5.32 Å². The van der Waals surface area contributed by atoms with Gasteiger partial charge in [0.15, 0.2) is 0 Å². The summed E-state index contributed by atoms with van der Waals surface area (Å²) in [7, 11) is 0. The molecule has 0 saturated carbocycles. The molecule has 86 valence electrons. The minimum Gasteiger partial charge on any atom is -0.301 e. The number of nitrogens with zero attached hydrogens (tertiary/aromatic N) is 1. The van der Waals surface area contributed by atoms with Crippen LogP contribution in [0.2, 0.25) is 0 Å². The molecule has 0 bridgehead atoms. The SMILES string of the molecule is CCCNC(C#N)CSc1ccc(F)cc1. The van der Waals surface area contributed by atoms with Crippen LogP contribution in [0.25, 0.3) is 0 Å². The molecule has 0 aliphatic carbocycles. The van der Waals surface area contributed by atoms with E-state index in [4.69, 9.17) is 5.26 Å². The minimum absolute atomic E-state index is 0.144. The van der Waals surface area contributed by atoms with E-state index in [1.165, 1.54) is 12.1 Å². The van der Waals surface area contributed by atoms with Crippen molar-refractivity contribution in [3.63, 3.8) is 0 Å². The van der Waals surface area contributed by atoms with E-state index < -0.39 is 0 Å². The fourth-order valence-corrected chi connectivity index (χ4v) is 2.05. The van der Waals surface area contributed by atoms with Crippen molar-refractivity contribution < 1.29 is 4.39 Å². The van der Waals surface area contributed by atoms with Crippen molar-refractivity contribution in [2.24, 2.45) is 0 Å². The quantitative estimate of drug-likeness (QED) is 0.774. The normalized spacial score (nSPS) is 12.1. The van der Waals surface area contributed by atoms with Gasteiger partial charge in [0.2, 0.25) is 0 Å². The molecule has 0 aliphatic rings. The summed E-state index contributed by atoms with van der Waals surface area (Å²) in [6, 6.07) is 8.40. The second-order valence-electron chi connectivity index (χ2n) is 3.40. The van der Waals surface area contributed by atoms with Crippen molar-refractivity contribution in [3.05, 3.63) is 30.1 Å². The molecule has 0 heterocycles. The van der Waals surface area contributed by atoms with Crippen molar-refractivity contribution in [2.75, 3.05) is 12.3 Å². The second-order valence-corrected chi connectivity index (χ2v) is 4.49. The van der Waals surface area contributed by atoms with E-state index in [0.29, 0.717) is 5.75 Å². The Labute approximate surface area is 99.9 Å². The number of halogens is 1. The molecule has 1 aromatic carbocycles. The topological polar surface area (TPSA) is 35.8 Å². The van der Waals surface area contributed by atoms with Crippen molar-refractivity contribution in [2.45, 2.75) is 24.3 Å². The lowest BCUT2D eigenvalue weighted by atomic mass is 10.3. The highest BCUT2D eigenvalue weighted by Crippen LogP contribution is 2.18. The first-order valence-electron chi connectivity index (χ1n) is 5.27. The molecule has 0 radical (unpaired) electrons. The highest BCUT2D eigenvalue weighted by molar-refractivity contribution is 7.99. The molecule has 1 rings (SSSR count). The molecule has 1 aromatic rings. The smallest absolute Gasteiger partial charge is 0.123 e. The number of nitriles is 1. The van der Waals surface area contributed by atoms with Crippen LogP contribution < -0.4 is 5.32 Å². The van der Waals surface area contributed by atoms with Crippen LogP contribution in [-0.2, 0) is 0 Å². The van der Waals surface area contributed by atoms with E-state index in [2.05, 4.69) is 18.3 Å². The maximum Gasteiger partial charge on any atom is 0.123 e. The summed E-state index contributed by atoms with van der Waals surface area (Å²) in [6.45, 7) is 2.91. The van der Waals surface area contributed by atoms with Gasteiger partial charge in [0, 0.05) is 10.6 Å². The maximum absolute atomic E-state index is 12.6. The Hall–Kier alpha value is -1.05. The first-order chi connectivity index (χ1) is 7.76. The van der Waals surface area contributed by atoms with Gasteiger partial charge in [0.25, 0.3) is 0 Å². The van der Waals surface area contributed by atoms with Gasteiger partial charge in [0.1, 0.15) is 11.9 Å². The van der Waals surface area contributed by atoms with Crippen molar-refractivity contribution >= 4 is 11.8 Å². The fraction of sp³-hybridized carbons (Fsp3) is 0.417. The Kier molecular flexibility index (Phi) is 5.91. The molecule has 0 fully saturated rings. The third kappa shape index (κ3) is 4.65. The van der Waals surface area contributed by atoms with Crippen LogP contribution in [-0.4, -0.2) is 18.3 Å². The molecular formula is C12H15FN2S. The van der Waals surface area contributed by atoms with Gasteiger partial charge in [-0.1, -0.05) is 6.92 Å². The van der Waals surface area contributed by atoms with E-state index in [1.807, 2.05) is 0 Å². The van der Waals surface area contributed by atoms with E-state index >= 15 is 0 Å². The molecular weight excluding hydrogens is 223 g/mol. The molecule has 0 aliphatic heterocycles. The van der Waals surface area contributed by atoms with E-state index in [1.54, 1.807) is 23.9 Å².